The van der Waals surface area contributed by atoms with Crippen molar-refractivity contribution < 1.29 is 4.74 Å². The zero-order chi connectivity index (χ0) is 14.6. The molecule has 1 aromatic carbocycles. The van der Waals surface area contributed by atoms with Crippen molar-refractivity contribution >= 4 is 5.69 Å². The van der Waals surface area contributed by atoms with Crippen LogP contribution in [0.3, 0.4) is 0 Å². The van der Waals surface area contributed by atoms with E-state index in [1.165, 1.54) is 24.8 Å². The minimum Gasteiger partial charge on any atom is -0.399 e. The average molecular weight is 275 g/mol. The molecule has 2 nitrogen and oxygen atoms in total. The molecular formula is C18H29NO. The third kappa shape index (κ3) is 4.82. The highest BCUT2D eigenvalue weighted by atomic mass is 16.5. The van der Waals surface area contributed by atoms with Crippen molar-refractivity contribution in [1.82, 2.24) is 0 Å². The minimum atomic E-state index is 0.441. The van der Waals surface area contributed by atoms with Gasteiger partial charge in [-0.15, -0.1) is 0 Å². The van der Waals surface area contributed by atoms with E-state index < -0.39 is 0 Å². The largest absolute Gasteiger partial charge is 0.399 e. The van der Waals surface area contributed by atoms with Crippen molar-refractivity contribution in [3.8, 4) is 0 Å². The summed E-state index contributed by atoms with van der Waals surface area (Å²) in [7, 11) is 0. The molecular weight excluding hydrogens is 246 g/mol. The first-order chi connectivity index (χ1) is 9.44. The van der Waals surface area contributed by atoms with Crippen LogP contribution in [-0.4, -0.2) is 12.7 Å². The van der Waals surface area contributed by atoms with Crippen LogP contribution in [0.25, 0.3) is 0 Å². The Morgan fingerprint density at radius 1 is 1.30 bits per heavy atom. The summed E-state index contributed by atoms with van der Waals surface area (Å²) in [6.45, 7) is 7.95. The average Bonchev–Trinajstić information content (AvgIpc) is 2.32. The van der Waals surface area contributed by atoms with Crippen LogP contribution in [0, 0.1) is 11.3 Å². The minimum absolute atomic E-state index is 0.441. The van der Waals surface area contributed by atoms with Crippen molar-refractivity contribution in [2.75, 3.05) is 12.3 Å². The summed E-state index contributed by atoms with van der Waals surface area (Å²) >= 11 is 0. The standard InChI is InChI=1S/C18H29NO/c1-14-10-17(13-18(2,3)12-14)20-9-5-7-15-6-4-8-16(19)11-15/h4,6,8,11,14,17H,5,7,9-10,12-13,19H2,1-3H3. The van der Waals surface area contributed by atoms with E-state index in [9.17, 15) is 0 Å². The Bertz CT molecular complexity index is 427. The third-order valence-corrected chi connectivity index (χ3v) is 4.26. The summed E-state index contributed by atoms with van der Waals surface area (Å²) in [5.41, 5.74) is 8.40. The molecule has 1 saturated carbocycles. The van der Waals surface area contributed by atoms with Crippen LogP contribution in [0.15, 0.2) is 24.3 Å². The van der Waals surface area contributed by atoms with E-state index in [4.69, 9.17) is 10.5 Å². The van der Waals surface area contributed by atoms with E-state index in [2.05, 4.69) is 32.9 Å². The van der Waals surface area contributed by atoms with E-state index in [1.54, 1.807) is 0 Å². The van der Waals surface area contributed by atoms with Crippen molar-refractivity contribution in [1.29, 1.82) is 0 Å². The van der Waals surface area contributed by atoms with Gasteiger partial charge in [-0.1, -0.05) is 32.9 Å². The van der Waals surface area contributed by atoms with Crippen molar-refractivity contribution in [3.05, 3.63) is 29.8 Å². The lowest BCUT2D eigenvalue weighted by atomic mass is 9.71. The number of ether oxygens (including phenoxy) is 1. The predicted molar refractivity (Wildman–Crippen MR) is 85.7 cm³/mol. The first kappa shape index (κ1) is 15.4. The van der Waals surface area contributed by atoms with Gasteiger partial charge in [-0.2, -0.15) is 0 Å². The Morgan fingerprint density at radius 2 is 2.10 bits per heavy atom. The topological polar surface area (TPSA) is 35.2 Å². The smallest absolute Gasteiger partial charge is 0.0582 e. The molecule has 1 aromatic rings. The Morgan fingerprint density at radius 3 is 2.80 bits per heavy atom. The number of hydrogen-bond acceptors (Lipinski definition) is 2. The zero-order valence-electron chi connectivity index (χ0n) is 13.2. The van der Waals surface area contributed by atoms with Crippen molar-refractivity contribution in [3.63, 3.8) is 0 Å². The Balaban J connectivity index is 1.71. The number of aryl methyl sites for hydroxylation is 1. The molecule has 0 aliphatic heterocycles. The maximum atomic E-state index is 6.11. The van der Waals surface area contributed by atoms with Crippen molar-refractivity contribution in [2.45, 2.75) is 59.0 Å². The number of benzene rings is 1. The molecule has 1 aliphatic carbocycles. The van der Waals surface area contributed by atoms with Gasteiger partial charge in [-0.05, 0) is 61.1 Å². The second kappa shape index (κ2) is 6.62. The second-order valence-electron chi connectivity index (χ2n) is 7.25. The molecule has 2 heteroatoms. The van der Waals surface area contributed by atoms with E-state index >= 15 is 0 Å². The highest BCUT2D eigenvalue weighted by molar-refractivity contribution is 5.40. The normalized spacial score (nSPS) is 25.6. The molecule has 2 atom stereocenters. The molecule has 2 unspecified atom stereocenters. The predicted octanol–water partition coefficient (Wildman–Crippen LogP) is 4.43. The maximum absolute atomic E-state index is 6.11. The molecule has 20 heavy (non-hydrogen) atoms. The summed E-state index contributed by atoms with van der Waals surface area (Å²) < 4.78 is 6.11. The van der Waals surface area contributed by atoms with E-state index in [1.807, 2.05) is 12.1 Å². The monoisotopic (exact) mass is 275 g/mol. The van der Waals surface area contributed by atoms with Crippen LogP contribution in [0.5, 0.6) is 0 Å². The lowest BCUT2D eigenvalue weighted by Gasteiger charge is -2.38. The summed E-state index contributed by atoms with van der Waals surface area (Å²) in [6, 6.07) is 8.16. The number of nitrogens with two attached hydrogens (primary N) is 1. The van der Waals surface area contributed by atoms with Crippen LogP contribution in [0.4, 0.5) is 5.69 Å². The summed E-state index contributed by atoms with van der Waals surface area (Å²) in [5, 5.41) is 0. The highest BCUT2D eigenvalue weighted by Crippen LogP contribution is 2.39. The van der Waals surface area contributed by atoms with Gasteiger partial charge in [-0.3, -0.25) is 0 Å². The van der Waals surface area contributed by atoms with Gasteiger partial charge >= 0.3 is 0 Å². The van der Waals surface area contributed by atoms with Gasteiger partial charge in [-0.25, -0.2) is 0 Å². The van der Waals surface area contributed by atoms with E-state index in [0.29, 0.717) is 11.5 Å². The van der Waals surface area contributed by atoms with Crippen LogP contribution < -0.4 is 5.73 Å². The van der Waals surface area contributed by atoms with Crippen LogP contribution in [0.1, 0.15) is 52.0 Å². The molecule has 0 saturated heterocycles. The molecule has 0 spiro atoms. The lowest BCUT2D eigenvalue weighted by Crippen LogP contribution is -2.32. The van der Waals surface area contributed by atoms with Gasteiger partial charge in [0.25, 0.3) is 0 Å². The van der Waals surface area contributed by atoms with Crippen molar-refractivity contribution in [2.24, 2.45) is 11.3 Å². The molecule has 0 radical (unpaired) electrons. The molecule has 0 heterocycles. The Kier molecular flexibility index (Phi) is 5.09. The fourth-order valence-corrected chi connectivity index (χ4v) is 3.66. The molecule has 1 aliphatic rings. The number of nitrogen functional groups attached to an aromatic ring is 1. The number of anilines is 1. The zero-order valence-corrected chi connectivity index (χ0v) is 13.2. The molecule has 112 valence electrons. The molecule has 2 N–H and O–H groups in total. The fraction of sp³-hybridized carbons (Fsp3) is 0.667. The molecule has 0 amide bonds. The summed E-state index contributed by atoms with van der Waals surface area (Å²) in [4.78, 5) is 0. The van der Waals surface area contributed by atoms with Crippen LogP contribution in [0.2, 0.25) is 0 Å². The number of rotatable bonds is 5. The highest BCUT2D eigenvalue weighted by Gasteiger charge is 2.32. The van der Waals surface area contributed by atoms with Gasteiger partial charge in [0.1, 0.15) is 0 Å². The van der Waals surface area contributed by atoms with Gasteiger partial charge in [0.2, 0.25) is 0 Å². The molecule has 0 bridgehead atoms. The summed E-state index contributed by atoms with van der Waals surface area (Å²) in [5.74, 6) is 0.790. The van der Waals surface area contributed by atoms with Gasteiger partial charge in [0.15, 0.2) is 0 Å². The molecule has 2 rings (SSSR count). The fourth-order valence-electron chi connectivity index (χ4n) is 3.66. The first-order valence-electron chi connectivity index (χ1n) is 7.91. The van der Waals surface area contributed by atoms with E-state index in [-0.39, 0.29) is 0 Å². The maximum Gasteiger partial charge on any atom is 0.0582 e. The Labute approximate surface area is 123 Å². The first-order valence-corrected chi connectivity index (χ1v) is 7.91. The Hall–Kier alpha value is -1.02. The second-order valence-corrected chi connectivity index (χ2v) is 7.25. The number of hydrogen-bond donors (Lipinski definition) is 1. The summed E-state index contributed by atoms with van der Waals surface area (Å²) in [6.07, 6.45) is 6.34. The van der Waals surface area contributed by atoms with Gasteiger partial charge in [0.05, 0.1) is 6.10 Å². The van der Waals surface area contributed by atoms with E-state index in [0.717, 1.165) is 31.1 Å². The SMILES string of the molecule is CC1CC(OCCCc2cccc(N)c2)CC(C)(C)C1. The molecule has 1 fully saturated rings. The lowest BCUT2D eigenvalue weighted by molar-refractivity contribution is -0.0234. The van der Waals surface area contributed by atoms with Crippen LogP contribution >= 0.6 is 0 Å². The quantitative estimate of drug-likeness (QED) is 0.637. The molecule has 0 aromatic heterocycles. The van der Waals surface area contributed by atoms with Gasteiger partial charge in [0, 0.05) is 12.3 Å². The van der Waals surface area contributed by atoms with Gasteiger partial charge < -0.3 is 10.5 Å². The third-order valence-electron chi connectivity index (χ3n) is 4.26. The van der Waals surface area contributed by atoms with Crippen LogP contribution in [-0.2, 0) is 11.2 Å².